The monoisotopic (exact) mass is 527 g/mol. The Labute approximate surface area is 210 Å². The molecule has 1 fully saturated rings. The van der Waals surface area contributed by atoms with Crippen LogP contribution in [0, 0.1) is 5.92 Å². The summed E-state index contributed by atoms with van der Waals surface area (Å²) in [6.07, 6.45) is 5.01. The molecule has 11 heteroatoms. The number of nitrogens with one attached hydrogen (secondary N) is 3. The van der Waals surface area contributed by atoms with Crippen molar-refractivity contribution in [1.29, 1.82) is 0 Å². The van der Waals surface area contributed by atoms with Gasteiger partial charge in [-0.25, -0.2) is 4.98 Å². The first kappa shape index (κ1) is 24.3. The van der Waals surface area contributed by atoms with E-state index >= 15 is 0 Å². The Bertz CT molecular complexity index is 1170. The Morgan fingerprint density at radius 1 is 1.30 bits per heavy atom. The first-order chi connectivity index (χ1) is 15.7. The molecular formula is C22H24Cl3N5O2S. The molecular weight excluding hydrogens is 505 g/mol. The second-order valence-electron chi connectivity index (χ2n) is 8.35. The zero-order chi connectivity index (χ0) is 23.7. The molecule has 0 saturated carbocycles. The molecule has 2 amide bonds. The lowest BCUT2D eigenvalue weighted by Gasteiger charge is -2.17. The Morgan fingerprint density at radius 2 is 2.09 bits per heavy atom. The largest absolute Gasteiger partial charge is 0.350 e. The first-order valence-corrected chi connectivity index (χ1v) is 12.5. The van der Waals surface area contributed by atoms with Crippen LogP contribution in [0.3, 0.4) is 0 Å². The molecule has 1 saturated heterocycles. The van der Waals surface area contributed by atoms with Crippen molar-refractivity contribution in [3.8, 4) is 0 Å². The minimum absolute atomic E-state index is 0.179. The summed E-state index contributed by atoms with van der Waals surface area (Å²) in [5.41, 5.74) is 1.61. The van der Waals surface area contributed by atoms with Crippen LogP contribution in [0.15, 0.2) is 24.5 Å². The third-order valence-corrected chi connectivity index (χ3v) is 7.95. The number of nitrogens with zero attached hydrogens (tertiary/aromatic N) is 2. The maximum absolute atomic E-state index is 12.7. The summed E-state index contributed by atoms with van der Waals surface area (Å²) in [6, 6.07) is 2.80. The number of amides is 2. The molecule has 3 atom stereocenters. The van der Waals surface area contributed by atoms with Crippen molar-refractivity contribution in [2.75, 3.05) is 6.54 Å². The van der Waals surface area contributed by atoms with E-state index in [9.17, 15) is 9.59 Å². The molecule has 3 aromatic rings. The highest BCUT2D eigenvalue weighted by Gasteiger charge is 2.31. The number of carbonyl (C=O) groups excluding carboxylic acids is 2. The molecule has 0 unspecified atom stereocenters. The van der Waals surface area contributed by atoms with Crippen molar-refractivity contribution in [2.45, 2.75) is 38.4 Å². The van der Waals surface area contributed by atoms with Crippen molar-refractivity contribution >= 4 is 69.0 Å². The number of thiophene rings is 1. The molecule has 7 nitrogen and oxygen atoms in total. The summed E-state index contributed by atoms with van der Waals surface area (Å²) in [7, 11) is 1.88. The second kappa shape index (κ2) is 10.2. The van der Waals surface area contributed by atoms with Gasteiger partial charge in [0.1, 0.15) is 16.0 Å². The number of hydrogen-bond acceptors (Lipinski definition) is 5. The van der Waals surface area contributed by atoms with E-state index in [2.05, 4.69) is 20.9 Å². The molecule has 33 heavy (non-hydrogen) atoms. The Balaban J connectivity index is 1.25. The number of pyridine rings is 1. The fourth-order valence-corrected chi connectivity index (χ4v) is 5.85. The number of halogens is 3. The van der Waals surface area contributed by atoms with Crippen LogP contribution in [0.1, 0.15) is 23.8 Å². The van der Waals surface area contributed by atoms with E-state index in [1.54, 1.807) is 19.3 Å². The first-order valence-electron chi connectivity index (χ1n) is 10.6. The number of fused-ring (bicyclic) bond motifs is 1. The molecule has 1 aliphatic heterocycles. The van der Waals surface area contributed by atoms with Crippen LogP contribution in [0.5, 0.6) is 0 Å². The van der Waals surface area contributed by atoms with Gasteiger partial charge in [-0.3, -0.25) is 9.59 Å². The summed E-state index contributed by atoms with van der Waals surface area (Å²) in [6.45, 7) is 2.69. The van der Waals surface area contributed by atoms with Gasteiger partial charge >= 0.3 is 0 Å². The van der Waals surface area contributed by atoms with Gasteiger partial charge < -0.3 is 20.5 Å². The van der Waals surface area contributed by atoms with Gasteiger partial charge in [-0.2, -0.15) is 0 Å². The molecule has 3 aromatic heterocycles. The molecule has 0 bridgehead atoms. The molecule has 1 aliphatic rings. The number of carbonyl (C=O) groups is 2. The molecule has 0 radical (unpaired) electrons. The number of aromatic nitrogens is 2. The van der Waals surface area contributed by atoms with Gasteiger partial charge in [0.2, 0.25) is 11.8 Å². The zero-order valence-electron chi connectivity index (χ0n) is 18.1. The van der Waals surface area contributed by atoms with Gasteiger partial charge in [-0.1, -0.05) is 34.8 Å². The van der Waals surface area contributed by atoms with Gasteiger partial charge in [0.05, 0.1) is 16.1 Å². The fourth-order valence-electron chi connectivity index (χ4n) is 4.02. The van der Waals surface area contributed by atoms with Crippen molar-refractivity contribution in [3.63, 3.8) is 0 Å². The number of rotatable bonds is 7. The smallest absolute Gasteiger partial charge is 0.242 e. The topological polar surface area (TPSA) is 88.1 Å². The van der Waals surface area contributed by atoms with Crippen LogP contribution >= 0.6 is 46.1 Å². The van der Waals surface area contributed by atoms with Crippen molar-refractivity contribution in [2.24, 2.45) is 13.0 Å². The van der Waals surface area contributed by atoms with Crippen LogP contribution in [0.25, 0.3) is 11.0 Å². The second-order valence-corrected chi connectivity index (χ2v) is 10.9. The molecule has 0 spiro atoms. The third kappa shape index (κ3) is 5.63. The Kier molecular flexibility index (Phi) is 7.50. The van der Waals surface area contributed by atoms with Gasteiger partial charge in [0, 0.05) is 36.2 Å². The van der Waals surface area contributed by atoms with E-state index in [4.69, 9.17) is 34.8 Å². The van der Waals surface area contributed by atoms with E-state index in [1.807, 2.05) is 23.7 Å². The summed E-state index contributed by atoms with van der Waals surface area (Å²) in [4.78, 5) is 30.7. The maximum atomic E-state index is 12.7. The molecule has 0 aromatic carbocycles. The van der Waals surface area contributed by atoms with Crippen molar-refractivity contribution in [3.05, 3.63) is 49.3 Å². The van der Waals surface area contributed by atoms with Crippen LogP contribution in [0.4, 0.5) is 0 Å². The predicted molar refractivity (Wildman–Crippen MR) is 133 cm³/mol. The average molecular weight is 529 g/mol. The van der Waals surface area contributed by atoms with Gasteiger partial charge in [0.15, 0.2) is 0 Å². The lowest BCUT2D eigenvalue weighted by atomic mass is 10.0. The van der Waals surface area contributed by atoms with Gasteiger partial charge in [-0.05, 0) is 49.9 Å². The van der Waals surface area contributed by atoms with E-state index in [0.29, 0.717) is 33.3 Å². The highest BCUT2D eigenvalue weighted by Crippen LogP contribution is 2.34. The average Bonchev–Trinajstić information content (AvgIpc) is 3.44. The minimum Gasteiger partial charge on any atom is -0.350 e. The van der Waals surface area contributed by atoms with Crippen molar-refractivity contribution in [1.82, 2.24) is 25.5 Å². The highest BCUT2D eigenvalue weighted by atomic mass is 35.5. The highest BCUT2D eigenvalue weighted by molar-refractivity contribution is 7.16. The Morgan fingerprint density at radius 3 is 2.82 bits per heavy atom. The summed E-state index contributed by atoms with van der Waals surface area (Å²) in [5, 5.41) is 10.9. The summed E-state index contributed by atoms with van der Waals surface area (Å²) >= 11 is 19.8. The van der Waals surface area contributed by atoms with Crippen LogP contribution in [-0.2, 0) is 29.6 Å². The zero-order valence-corrected chi connectivity index (χ0v) is 21.2. The van der Waals surface area contributed by atoms with Gasteiger partial charge in [-0.15, -0.1) is 11.3 Å². The molecule has 0 aliphatic carbocycles. The lowest BCUT2D eigenvalue weighted by Crippen LogP contribution is -2.49. The number of aryl methyl sites for hydroxylation is 1. The van der Waals surface area contributed by atoms with E-state index in [1.165, 1.54) is 11.3 Å². The molecule has 3 N–H and O–H groups in total. The van der Waals surface area contributed by atoms with Crippen LogP contribution in [0.2, 0.25) is 14.4 Å². The molecule has 4 rings (SSSR count). The van der Waals surface area contributed by atoms with E-state index in [-0.39, 0.29) is 17.9 Å². The third-order valence-electron chi connectivity index (χ3n) is 5.76. The molecule has 4 heterocycles. The van der Waals surface area contributed by atoms with Gasteiger partial charge in [0.25, 0.3) is 0 Å². The SMILES string of the molecule is C[C@H](NC(=O)[C@H]1C[C@H](Cc2cc(Cl)c(Cl)s2)CN1)C(=O)NCc1cnc2c(c1)c(Cl)cn2C. The summed E-state index contributed by atoms with van der Waals surface area (Å²) in [5.74, 6) is -0.135. The molecule has 176 valence electrons. The van der Waals surface area contributed by atoms with Crippen LogP contribution in [-0.4, -0.2) is 40.0 Å². The normalized spacial score (nSPS) is 19.1. The maximum Gasteiger partial charge on any atom is 0.242 e. The van der Waals surface area contributed by atoms with Crippen LogP contribution < -0.4 is 16.0 Å². The standard InChI is InChI=1S/C22H24Cl3N5O2S/c1-11(21(31)28-9-13-4-15-17(24)10-30(2)20(15)27-8-13)29-22(32)18-5-12(7-26-18)3-14-6-16(23)19(25)33-14/h4,6,8,10-12,18,26H,3,5,7,9H2,1-2H3,(H,28,31)(H,29,32)/t11-,12-,18+/m0/s1. The van der Waals surface area contributed by atoms with E-state index in [0.717, 1.165) is 34.4 Å². The lowest BCUT2D eigenvalue weighted by molar-refractivity contribution is -0.129. The van der Waals surface area contributed by atoms with E-state index < -0.39 is 6.04 Å². The Hall–Kier alpha value is -1.84. The van der Waals surface area contributed by atoms with Crippen molar-refractivity contribution < 1.29 is 9.59 Å². The minimum atomic E-state index is -0.662. The summed E-state index contributed by atoms with van der Waals surface area (Å²) < 4.78 is 2.44. The predicted octanol–water partition coefficient (Wildman–Crippen LogP) is 3.94. The quantitative estimate of drug-likeness (QED) is 0.433. The number of hydrogen-bond donors (Lipinski definition) is 3. The fraction of sp³-hybridized carbons (Fsp3) is 0.409.